The van der Waals surface area contributed by atoms with Crippen molar-refractivity contribution < 1.29 is 0 Å². The zero-order valence-corrected chi connectivity index (χ0v) is 8.84. The van der Waals surface area contributed by atoms with Crippen LogP contribution >= 0.6 is 24.8 Å². The molecule has 5 heteroatoms. The molecule has 1 atom stereocenters. The molecule has 1 rings (SSSR count). The fourth-order valence-corrected chi connectivity index (χ4v) is 0.898. The van der Waals surface area contributed by atoms with Gasteiger partial charge in [-0.05, 0) is 13.8 Å². The predicted molar refractivity (Wildman–Crippen MR) is 55.2 cm³/mol. The van der Waals surface area contributed by atoms with Gasteiger partial charge in [0.1, 0.15) is 0 Å². The van der Waals surface area contributed by atoms with Crippen LogP contribution in [0.2, 0.25) is 0 Å². The van der Waals surface area contributed by atoms with E-state index in [2.05, 4.69) is 9.97 Å². The van der Waals surface area contributed by atoms with Crippen LogP contribution in [0.3, 0.4) is 0 Å². The standard InChI is InChI=1S/C7H13N3.2ClH/c1-5(8)3-7-6(2)9-4-10-7;;/h4-5H,3,8H2,1-2H3,(H,9,10);2*1H. The number of hydrogen-bond acceptors (Lipinski definition) is 2. The molecule has 1 unspecified atom stereocenters. The molecular formula is C7H15Cl2N3. The lowest BCUT2D eigenvalue weighted by molar-refractivity contribution is 0.721. The normalized spacial score (nSPS) is 11.2. The fourth-order valence-electron chi connectivity index (χ4n) is 0.898. The maximum atomic E-state index is 5.60. The molecule has 1 aromatic rings. The van der Waals surface area contributed by atoms with Crippen molar-refractivity contribution in [3.05, 3.63) is 17.7 Å². The van der Waals surface area contributed by atoms with Crippen molar-refractivity contribution in [2.24, 2.45) is 5.73 Å². The van der Waals surface area contributed by atoms with E-state index in [0.29, 0.717) is 0 Å². The van der Waals surface area contributed by atoms with Crippen molar-refractivity contribution in [2.45, 2.75) is 26.3 Å². The molecule has 0 aromatic carbocycles. The van der Waals surface area contributed by atoms with Gasteiger partial charge in [-0.1, -0.05) is 0 Å². The van der Waals surface area contributed by atoms with E-state index in [1.807, 2.05) is 13.8 Å². The fraction of sp³-hybridized carbons (Fsp3) is 0.571. The summed E-state index contributed by atoms with van der Waals surface area (Å²) >= 11 is 0. The minimum absolute atomic E-state index is 0. The second-order valence-electron chi connectivity index (χ2n) is 2.66. The molecule has 12 heavy (non-hydrogen) atoms. The van der Waals surface area contributed by atoms with Gasteiger partial charge in [0.05, 0.1) is 12.0 Å². The Morgan fingerprint density at radius 1 is 1.58 bits per heavy atom. The summed E-state index contributed by atoms with van der Waals surface area (Å²) in [5, 5.41) is 0. The number of nitrogens with zero attached hydrogens (tertiary/aromatic N) is 1. The van der Waals surface area contributed by atoms with Gasteiger partial charge in [0.2, 0.25) is 0 Å². The molecule has 0 fully saturated rings. The average Bonchev–Trinajstić information content (AvgIpc) is 2.15. The number of nitrogens with one attached hydrogen (secondary N) is 1. The zero-order chi connectivity index (χ0) is 7.56. The van der Waals surface area contributed by atoms with E-state index in [1.165, 1.54) is 0 Å². The second kappa shape index (κ2) is 6.29. The first-order chi connectivity index (χ1) is 4.70. The van der Waals surface area contributed by atoms with Crippen LogP contribution in [0.1, 0.15) is 18.3 Å². The Morgan fingerprint density at radius 3 is 2.50 bits per heavy atom. The zero-order valence-electron chi connectivity index (χ0n) is 7.20. The molecule has 0 aliphatic carbocycles. The number of aromatic amines is 1. The molecule has 1 heterocycles. The molecule has 0 saturated carbocycles. The minimum Gasteiger partial charge on any atom is -0.348 e. The van der Waals surface area contributed by atoms with Crippen LogP contribution < -0.4 is 5.73 Å². The third-order valence-corrected chi connectivity index (χ3v) is 1.45. The molecule has 3 nitrogen and oxygen atoms in total. The SMILES string of the molecule is Cc1[nH]cnc1CC(C)N.Cl.Cl. The van der Waals surface area contributed by atoms with E-state index in [-0.39, 0.29) is 30.9 Å². The van der Waals surface area contributed by atoms with Gasteiger partial charge in [-0.3, -0.25) is 0 Å². The summed E-state index contributed by atoms with van der Waals surface area (Å²) in [7, 11) is 0. The quantitative estimate of drug-likeness (QED) is 0.779. The van der Waals surface area contributed by atoms with Crippen molar-refractivity contribution in [3.8, 4) is 0 Å². The van der Waals surface area contributed by atoms with E-state index < -0.39 is 0 Å². The number of rotatable bonds is 2. The van der Waals surface area contributed by atoms with E-state index in [4.69, 9.17) is 5.73 Å². The number of imidazole rings is 1. The summed E-state index contributed by atoms with van der Waals surface area (Å²) in [4.78, 5) is 7.13. The first-order valence-electron chi connectivity index (χ1n) is 3.44. The average molecular weight is 212 g/mol. The first kappa shape index (κ1) is 14.3. The van der Waals surface area contributed by atoms with E-state index >= 15 is 0 Å². The Kier molecular flexibility index (Phi) is 7.48. The van der Waals surface area contributed by atoms with Crippen molar-refractivity contribution in [2.75, 3.05) is 0 Å². The molecule has 0 aliphatic rings. The predicted octanol–water partition coefficient (Wildman–Crippen LogP) is 1.45. The molecule has 0 spiro atoms. The van der Waals surface area contributed by atoms with Crippen LogP contribution in [0, 0.1) is 6.92 Å². The summed E-state index contributed by atoms with van der Waals surface area (Å²) in [6, 6.07) is 0.196. The van der Waals surface area contributed by atoms with Gasteiger partial charge in [-0.15, -0.1) is 24.8 Å². The van der Waals surface area contributed by atoms with E-state index in [9.17, 15) is 0 Å². The number of halogens is 2. The summed E-state index contributed by atoms with van der Waals surface area (Å²) in [5.74, 6) is 0. The maximum absolute atomic E-state index is 5.60. The van der Waals surface area contributed by atoms with Gasteiger partial charge in [-0.25, -0.2) is 4.98 Å². The van der Waals surface area contributed by atoms with E-state index in [0.717, 1.165) is 17.8 Å². The second-order valence-corrected chi connectivity index (χ2v) is 2.66. The van der Waals surface area contributed by atoms with Gasteiger partial charge in [-0.2, -0.15) is 0 Å². The summed E-state index contributed by atoms with van der Waals surface area (Å²) in [5.41, 5.74) is 7.80. The highest BCUT2D eigenvalue weighted by Gasteiger charge is 2.02. The number of hydrogen-bond donors (Lipinski definition) is 2. The highest BCUT2D eigenvalue weighted by atomic mass is 35.5. The Balaban J connectivity index is 0. The van der Waals surface area contributed by atoms with Crippen LogP contribution in [0.4, 0.5) is 0 Å². The van der Waals surface area contributed by atoms with Gasteiger partial charge in [0, 0.05) is 18.2 Å². The van der Waals surface area contributed by atoms with Gasteiger partial charge in [0.25, 0.3) is 0 Å². The van der Waals surface area contributed by atoms with Crippen molar-refractivity contribution in [1.82, 2.24) is 9.97 Å². The topological polar surface area (TPSA) is 54.7 Å². The molecular weight excluding hydrogens is 197 g/mol. The number of nitrogens with two attached hydrogens (primary N) is 1. The summed E-state index contributed by atoms with van der Waals surface area (Å²) < 4.78 is 0. The molecule has 0 bridgehead atoms. The van der Waals surface area contributed by atoms with E-state index in [1.54, 1.807) is 6.33 Å². The molecule has 3 N–H and O–H groups in total. The lowest BCUT2D eigenvalue weighted by Gasteiger charge is -2.01. The molecule has 0 radical (unpaired) electrons. The first-order valence-corrected chi connectivity index (χ1v) is 3.44. The van der Waals surface area contributed by atoms with Crippen LogP contribution in [0.25, 0.3) is 0 Å². The minimum atomic E-state index is 0. The Bertz CT molecular complexity index is 210. The van der Waals surface area contributed by atoms with Crippen LogP contribution in [0.5, 0.6) is 0 Å². The Labute approximate surface area is 85.0 Å². The Morgan fingerprint density at radius 2 is 2.17 bits per heavy atom. The van der Waals surface area contributed by atoms with Crippen molar-refractivity contribution in [1.29, 1.82) is 0 Å². The lowest BCUT2D eigenvalue weighted by Crippen LogP contribution is -2.18. The Hall–Kier alpha value is -0.250. The van der Waals surface area contributed by atoms with Crippen molar-refractivity contribution >= 4 is 24.8 Å². The van der Waals surface area contributed by atoms with Gasteiger partial charge >= 0.3 is 0 Å². The highest BCUT2D eigenvalue weighted by molar-refractivity contribution is 5.85. The van der Waals surface area contributed by atoms with Gasteiger partial charge < -0.3 is 10.7 Å². The summed E-state index contributed by atoms with van der Waals surface area (Å²) in [6.07, 6.45) is 2.56. The highest BCUT2D eigenvalue weighted by Crippen LogP contribution is 2.02. The van der Waals surface area contributed by atoms with Crippen LogP contribution in [-0.2, 0) is 6.42 Å². The van der Waals surface area contributed by atoms with Gasteiger partial charge in [0.15, 0.2) is 0 Å². The number of H-pyrrole nitrogens is 1. The molecule has 72 valence electrons. The molecule has 0 aliphatic heterocycles. The largest absolute Gasteiger partial charge is 0.348 e. The van der Waals surface area contributed by atoms with Crippen LogP contribution in [-0.4, -0.2) is 16.0 Å². The lowest BCUT2D eigenvalue weighted by atomic mass is 10.2. The van der Waals surface area contributed by atoms with Crippen LogP contribution in [0.15, 0.2) is 6.33 Å². The molecule has 0 saturated heterocycles. The smallest absolute Gasteiger partial charge is 0.0925 e. The third-order valence-electron chi connectivity index (χ3n) is 1.45. The maximum Gasteiger partial charge on any atom is 0.0925 e. The number of aromatic nitrogens is 2. The number of aryl methyl sites for hydroxylation is 1. The van der Waals surface area contributed by atoms with Crippen molar-refractivity contribution in [3.63, 3.8) is 0 Å². The monoisotopic (exact) mass is 211 g/mol. The molecule has 0 amide bonds. The summed E-state index contributed by atoms with van der Waals surface area (Å²) in [6.45, 7) is 3.98. The third kappa shape index (κ3) is 3.95. The molecule has 1 aromatic heterocycles.